The summed E-state index contributed by atoms with van der Waals surface area (Å²) in [5.74, 6) is -0.629. The molecule has 0 heterocycles. The molecule has 0 radical (unpaired) electrons. The van der Waals surface area contributed by atoms with Crippen LogP contribution < -0.4 is 10.1 Å². The fraction of sp³-hybridized carbons (Fsp3) is 0.286. The lowest BCUT2D eigenvalue weighted by Crippen LogP contribution is -2.37. The Bertz CT molecular complexity index is 841. The first-order valence-corrected chi connectivity index (χ1v) is 8.73. The van der Waals surface area contributed by atoms with E-state index in [1.165, 1.54) is 19.1 Å². The van der Waals surface area contributed by atoms with Gasteiger partial charge >= 0.3 is 5.97 Å². The van der Waals surface area contributed by atoms with Crippen molar-refractivity contribution in [3.8, 4) is 5.75 Å². The number of benzene rings is 2. The minimum absolute atomic E-state index is 0.0861. The van der Waals surface area contributed by atoms with Crippen LogP contribution in [0, 0.1) is 13.8 Å². The van der Waals surface area contributed by atoms with E-state index in [0.29, 0.717) is 11.3 Å². The Hall–Kier alpha value is -3.35. The third-order valence-corrected chi connectivity index (χ3v) is 4.19. The quantitative estimate of drug-likeness (QED) is 0.742. The van der Waals surface area contributed by atoms with Crippen LogP contribution in [-0.2, 0) is 14.3 Å². The number of anilines is 1. The van der Waals surface area contributed by atoms with Gasteiger partial charge in [-0.3, -0.25) is 9.59 Å². The van der Waals surface area contributed by atoms with Crippen LogP contribution in [0.15, 0.2) is 42.5 Å². The molecule has 148 valence electrons. The van der Waals surface area contributed by atoms with Crippen LogP contribution in [0.4, 0.5) is 5.69 Å². The van der Waals surface area contributed by atoms with Crippen LogP contribution >= 0.6 is 0 Å². The Kier molecular flexibility index (Phi) is 7.14. The van der Waals surface area contributed by atoms with E-state index < -0.39 is 5.97 Å². The monoisotopic (exact) mass is 384 g/mol. The number of nitrogens with one attached hydrogen (secondary N) is 1. The Morgan fingerprint density at radius 1 is 1.00 bits per heavy atom. The highest BCUT2D eigenvalue weighted by atomic mass is 16.5. The summed E-state index contributed by atoms with van der Waals surface area (Å²) in [6, 6.07) is 12.0. The van der Waals surface area contributed by atoms with Gasteiger partial charge in [0.2, 0.25) is 5.91 Å². The average Bonchev–Trinajstić information content (AvgIpc) is 2.68. The van der Waals surface area contributed by atoms with E-state index in [1.54, 1.807) is 24.3 Å². The van der Waals surface area contributed by atoms with Gasteiger partial charge in [-0.05, 0) is 49.2 Å². The van der Waals surface area contributed by atoms with Crippen molar-refractivity contribution in [2.45, 2.75) is 13.8 Å². The normalized spacial score (nSPS) is 10.1. The van der Waals surface area contributed by atoms with Crippen molar-refractivity contribution in [1.82, 2.24) is 4.90 Å². The lowest BCUT2D eigenvalue weighted by atomic mass is 10.1. The fourth-order valence-corrected chi connectivity index (χ4v) is 2.55. The summed E-state index contributed by atoms with van der Waals surface area (Å²) in [6.45, 7) is 3.52. The minimum atomic E-state index is -0.447. The maximum Gasteiger partial charge on any atom is 0.337 e. The number of aryl methyl sites for hydroxylation is 2. The molecular formula is C21H24N2O5. The van der Waals surface area contributed by atoms with Crippen LogP contribution in [0.2, 0.25) is 0 Å². The number of carbonyl (C=O) groups excluding carboxylic acids is 3. The number of para-hydroxylation sites is 1. The van der Waals surface area contributed by atoms with E-state index in [2.05, 4.69) is 10.1 Å². The van der Waals surface area contributed by atoms with Crippen molar-refractivity contribution in [1.29, 1.82) is 0 Å². The van der Waals surface area contributed by atoms with E-state index in [9.17, 15) is 14.4 Å². The van der Waals surface area contributed by atoms with Gasteiger partial charge in [-0.1, -0.05) is 18.2 Å². The predicted molar refractivity (Wildman–Crippen MR) is 105 cm³/mol. The molecule has 0 saturated heterocycles. The van der Waals surface area contributed by atoms with Crippen molar-refractivity contribution in [3.05, 3.63) is 59.2 Å². The third-order valence-electron chi connectivity index (χ3n) is 4.19. The second kappa shape index (κ2) is 9.55. The molecule has 0 bridgehead atoms. The SMILES string of the molecule is COC(=O)c1ccc(OCC(=O)N(C)CC(=O)Nc2c(C)cccc2C)cc1. The number of likely N-dealkylation sites (N-methyl/N-ethyl adjacent to an activating group) is 1. The highest BCUT2D eigenvalue weighted by Gasteiger charge is 2.15. The summed E-state index contributed by atoms with van der Waals surface area (Å²) in [4.78, 5) is 37.1. The molecule has 2 aromatic carbocycles. The summed E-state index contributed by atoms with van der Waals surface area (Å²) in [5.41, 5.74) is 3.07. The largest absolute Gasteiger partial charge is 0.484 e. The van der Waals surface area contributed by atoms with Crippen LogP contribution in [0.5, 0.6) is 5.75 Å². The molecular weight excluding hydrogens is 360 g/mol. The van der Waals surface area contributed by atoms with E-state index in [0.717, 1.165) is 16.8 Å². The molecule has 7 heteroatoms. The number of methoxy groups -OCH3 is 1. The summed E-state index contributed by atoms with van der Waals surface area (Å²) < 4.78 is 10.0. The van der Waals surface area contributed by atoms with Gasteiger partial charge in [-0.2, -0.15) is 0 Å². The summed E-state index contributed by atoms with van der Waals surface area (Å²) in [5, 5.41) is 2.84. The molecule has 0 atom stereocenters. The van der Waals surface area contributed by atoms with Gasteiger partial charge in [-0.15, -0.1) is 0 Å². The lowest BCUT2D eigenvalue weighted by molar-refractivity contribution is -0.135. The van der Waals surface area contributed by atoms with Crippen LogP contribution in [0.3, 0.4) is 0 Å². The highest BCUT2D eigenvalue weighted by molar-refractivity contribution is 5.95. The molecule has 2 aromatic rings. The number of carbonyl (C=O) groups is 3. The minimum Gasteiger partial charge on any atom is -0.484 e. The molecule has 0 aliphatic heterocycles. The molecule has 0 spiro atoms. The predicted octanol–water partition coefficient (Wildman–Crippen LogP) is 2.57. The number of hydrogen-bond donors (Lipinski definition) is 1. The first-order chi connectivity index (χ1) is 13.3. The molecule has 0 aliphatic carbocycles. The average molecular weight is 384 g/mol. The zero-order valence-corrected chi connectivity index (χ0v) is 16.4. The van der Waals surface area contributed by atoms with E-state index in [-0.39, 0.29) is 25.0 Å². The third kappa shape index (κ3) is 5.57. The smallest absolute Gasteiger partial charge is 0.337 e. The zero-order chi connectivity index (χ0) is 20.7. The summed E-state index contributed by atoms with van der Waals surface area (Å²) >= 11 is 0. The number of hydrogen-bond acceptors (Lipinski definition) is 5. The molecule has 0 aromatic heterocycles. The summed E-state index contributed by atoms with van der Waals surface area (Å²) in [7, 11) is 2.84. The highest BCUT2D eigenvalue weighted by Crippen LogP contribution is 2.19. The topological polar surface area (TPSA) is 84.9 Å². The number of amides is 2. The van der Waals surface area contributed by atoms with Gasteiger partial charge < -0.3 is 19.7 Å². The van der Waals surface area contributed by atoms with Gasteiger partial charge in [0.05, 0.1) is 19.2 Å². The molecule has 0 saturated carbocycles. The molecule has 0 unspecified atom stereocenters. The molecule has 0 fully saturated rings. The van der Waals surface area contributed by atoms with Crippen molar-refractivity contribution in [2.24, 2.45) is 0 Å². The fourth-order valence-electron chi connectivity index (χ4n) is 2.55. The van der Waals surface area contributed by atoms with E-state index in [4.69, 9.17) is 4.74 Å². The Morgan fingerprint density at radius 3 is 2.18 bits per heavy atom. The Labute approximate surface area is 164 Å². The first kappa shape index (κ1) is 21.0. The molecule has 0 aliphatic rings. The van der Waals surface area contributed by atoms with Gasteiger partial charge in [0.15, 0.2) is 6.61 Å². The molecule has 28 heavy (non-hydrogen) atoms. The number of ether oxygens (including phenoxy) is 2. The lowest BCUT2D eigenvalue weighted by Gasteiger charge is -2.18. The van der Waals surface area contributed by atoms with Gasteiger partial charge in [-0.25, -0.2) is 4.79 Å². The van der Waals surface area contributed by atoms with Crippen molar-refractivity contribution in [3.63, 3.8) is 0 Å². The van der Waals surface area contributed by atoms with Gasteiger partial charge in [0, 0.05) is 12.7 Å². The molecule has 1 N–H and O–H groups in total. The standard InChI is InChI=1S/C21H24N2O5/c1-14-6-5-7-15(2)20(14)22-18(24)12-23(3)19(25)13-28-17-10-8-16(9-11-17)21(26)27-4/h5-11H,12-13H2,1-4H3,(H,22,24). The maximum atomic E-state index is 12.2. The number of rotatable bonds is 7. The zero-order valence-electron chi connectivity index (χ0n) is 16.4. The Morgan fingerprint density at radius 2 is 1.61 bits per heavy atom. The van der Waals surface area contributed by atoms with Crippen LogP contribution in [-0.4, -0.2) is 50.0 Å². The van der Waals surface area contributed by atoms with E-state index in [1.807, 2.05) is 32.0 Å². The van der Waals surface area contributed by atoms with Crippen LogP contribution in [0.1, 0.15) is 21.5 Å². The second-order valence-electron chi connectivity index (χ2n) is 6.37. The summed E-state index contributed by atoms with van der Waals surface area (Å²) in [6.07, 6.45) is 0. The van der Waals surface area contributed by atoms with Gasteiger partial charge in [0.1, 0.15) is 5.75 Å². The molecule has 2 amide bonds. The van der Waals surface area contributed by atoms with E-state index >= 15 is 0 Å². The van der Waals surface area contributed by atoms with Crippen LogP contribution in [0.25, 0.3) is 0 Å². The first-order valence-electron chi connectivity index (χ1n) is 8.73. The van der Waals surface area contributed by atoms with Crippen molar-refractivity contribution < 1.29 is 23.9 Å². The van der Waals surface area contributed by atoms with Gasteiger partial charge in [0.25, 0.3) is 5.91 Å². The van der Waals surface area contributed by atoms with Crippen molar-refractivity contribution in [2.75, 3.05) is 32.6 Å². The number of nitrogens with zero attached hydrogens (tertiary/aromatic N) is 1. The Balaban J connectivity index is 1.85. The molecule has 2 rings (SSSR count). The molecule has 7 nitrogen and oxygen atoms in total. The maximum absolute atomic E-state index is 12.2. The number of esters is 1. The van der Waals surface area contributed by atoms with Crippen molar-refractivity contribution >= 4 is 23.5 Å². The second-order valence-corrected chi connectivity index (χ2v) is 6.37.